The van der Waals surface area contributed by atoms with E-state index in [4.69, 9.17) is 0 Å². The maximum absolute atomic E-state index is 3.96. The third-order valence-electron chi connectivity index (χ3n) is 2.95. The van der Waals surface area contributed by atoms with Gasteiger partial charge in [0, 0.05) is 6.04 Å². The fourth-order valence-corrected chi connectivity index (χ4v) is 2.23. The number of hydrogen-bond donors (Lipinski definition) is 0. The van der Waals surface area contributed by atoms with Gasteiger partial charge in [-0.3, -0.25) is 4.90 Å². The van der Waals surface area contributed by atoms with Gasteiger partial charge in [0.2, 0.25) is 0 Å². The summed E-state index contributed by atoms with van der Waals surface area (Å²) in [5, 5.41) is 0. The molecule has 0 N–H and O–H groups in total. The predicted octanol–water partition coefficient (Wildman–Crippen LogP) is 4.58. The first-order valence-corrected chi connectivity index (χ1v) is 6.94. The summed E-state index contributed by atoms with van der Waals surface area (Å²) in [4.78, 5) is 2.58. The second-order valence-corrected chi connectivity index (χ2v) is 4.36. The molecule has 0 saturated carbocycles. The summed E-state index contributed by atoms with van der Waals surface area (Å²) >= 11 is 0. The van der Waals surface area contributed by atoms with E-state index in [-0.39, 0.29) is 0 Å². The van der Waals surface area contributed by atoms with Crippen molar-refractivity contribution in [1.29, 1.82) is 0 Å². The van der Waals surface area contributed by atoms with Gasteiger partial charge in [0.05, 0.1) is 0 Å². The van der Waals surface area contributed by atoms with Crippen molar-refractivity contribution < 1.29 is 0 Å². The SMILES string of the molecule is C=C/C(=C\C=C/C)C(CC)N(CCC)CCC. The minimum atomic E-state index is 0.517. The highest BCUT2D eigenvalue weighted by Gasteiger charge is 2.17. The van der Waals surface area contributed by atoms with Crippen LogP contribution in [0.2, 0.25) is 0 Å². The summed E-state index contributed by atoms with van der Waals surface area (Å²) in [7, 11) is 0. The van der Waals surface area contributed by atoms with Gasteiger partial charge in [-0.2, -0.15) is 0 Å². The summed E-state index contributed by atoms with van der Waals surface area (Å²) < 4.78 is 0. The zero-order valence-electron chi connectivity index (χ0n) is 12.1. The quantitative estimate of drug-likeness (QED) is 0.529. The fourth-order valence-electron chi connectivity index (χ4n) is 2.23. The van der Waals surface area contributed by atoms with Gasteiger partial charge >= 0.3 is 0 Å². The molecule has 0 fully saturated rings. The number of rotatable bonds is 9. The maximum Gasteiger partial charge on any atom is 0.0345 e. The van der Waals surface area contributed by atoms with Crippen LogP contribution in [0.15, 0.2) is 36.5 Å². The van der Waals surface area contributed by atoms with E-state index in [9.17, 15) is 0 Å². The van der Waals surface area contributed by atoms with Crippen molar-refractivity contribution in [2.75, 3.05) is 13.1 Å². The molecule has 0 rings (SSSR count). The average Bonchev–Trinajstić information content (AvgIpc) is 2.34. The van der Waals surface area contributed by atoms with Gasteiger partial charge in [-0.1, -0.05) is 51.7 Å². The highest BCUT2D eigenvalue weighted by atomic mass is 15.1. The van der Waals surface area contributed by atoms with Crippen LogP contribution in [0.4, 0.5) is 0 Å². The van der Waals surface area contributed by atoms with E-state index >= 15 is 0 Å². The number of hydrogen-bond acceptors (Lipinski definition) is 1. The summed E-state index contributed by atoms with van der Waals surface area (Å²) in [6.07, 6.45) is 12.0. The van der Waals surface area contributed by atoms with Crippen LogP contribution in [0, 0.1) is 0 Å². The molecule has 0 bridgehead atoms. The summed E-state index contributed by atoms with van der Waals surface area (Å²) in [6.45, 7) is 15.1. The molecule has 0 aromatic rings. The molecule has 0 aliphatic heterocycles. The van der Waals surface area contributed by atoms with Gasteiger partial charge in [0.1, 0.15) is 0 Å². The Balaban J connectivity index is 4.89. The molecule has 0 heterocycles. The Kier molecular flexibility index (Phi) is 9.84. The lowest BCUT2D eigenvalue weighted by atomic mass is 10.0. The van der Waals surface area contributed by atoms with Crippen LogP contribution in [0.25, 0.3) is 0 Å². The number of nitrogens with zero attached hydrogens (tertiary/aromatic N) is 1. The first-order chi connectivity index (χ1) is 8.24. The highest BCUT2D eigenvalue weighted by Crippen LogP contribution is 2.17. The average molecular weight is 235 g/mol. The standard InChI is InChI=1S/C16H29N/c1-6-11-12-15(9-4)16(10-5)17(13-7-2)14-8-3/h6,9,11-12,16H,4,7-8,10,13-14H2,1-3,5H3/b11-6-,15-12+. The van der Waals surface area contributed by atoms with E-state index < -0.39 is 0 Å². The van der Waals surface area contributed by atoms with Crippen LogP contribution in [0.5, 0.6) is 0 Å². The van der Waals surface area contributed by atoms with Gasteiger partial charge < -0.3 is 0 Å². The van der Waals surface area contributed by atoms with Gasteiger partial charge in [0.15, 0.2) is 0 Å². The zero-order chi connectivity index (χ0) is 13.1. The largest absolute Gasteiger partial charge is 0.296 e. The van der Waals surface area contributed by atoms with Crippen LogP contribution in [-0.2, 0) is 0 Å². The molecule has 1 atom stereocenters. The van der Waals surface area contributed by atoms with E-state index in [1.807, 2.05) is 13.0 Å². The molecular formula is C16H29N. The minimum Gasteiger partial charge on any atom is -0.296 e. The lowest BCUT2D eigenvalue weighted by Gasteiger charge is -2.31. The van der Waals surface area contributed by atoms with Crippen molar-refractivity contribution >= 4 is 0 Å². The van der Waals surface area contributed by atoms with Gasteiger partial charge in [-0.05, 0) is 44.8 Å². The second-order valence-electron chi connectivity index (χ2n) is 4.36. The molecule has 98 valence electrons. The fraction of sp³-hybridized carbons (Fsp3) is 0.625. The van der Waals surface area contributed by atoms with Gasteiger partial charge in [0.25, 0.3) is 0 Å². The van der Waals surface area contributed by atoms with Gasteiger partial charge in [-0.25, -0.2) is 0 Å². The third-order valence-corrected chi connectivity index (χ3v) is 2.95. The molecule has 0 radical (unpaired) electrons. The Bertz CT molecular complexity index is 244. The van der Waals surface area contributed by atoms with E-state index in [0.717, 1.165) is 6.42 Å². The normalized spacial score (nSPS) is 14.5. The molecule has 17 heavy (non-hydrogen) atoms. The molecule has 0 saturated heterocycles. The Morgan fingerprint density at radius 2 is 1.76 bits per heavy atom. The molecular weight excluding hydrogens is 206 g/mol. The summed E-state index contributed by atoms with van der Waals surface area (Å²) in [5.41, 5.74) is 1.34. The Labute approximate surface area is 108 Å². The van der Waals surface area contributed by atoms with Crippen molar-refractivity contribution in [3.8, 4) is 0 Å². The van der Waals surface area contributed by atoms with Crippen molar-refractivity contribution in [2.24, 2.45) is 0 Å². The van der Waals surface area contributed by atoms with E-state index in [1.54, 1.807) is 0 Å². The molecule has 1 nitrogen and oxygen atoms in total. The third kappa shape index (κ3) is 5.88. The molecule has 0 aromatic carbocycles. The van der Waals surface area contributed by atoms with Crippen molar-refractivity contribution in [3.63, 3.8) is 0 Å². The second kappa shape index (κ2) is 10.3. The molecule has 1 unspecified atom stereocenters. The highest BCUT2D eigenvalue weighted by molar-refractivity contribution is 5.27. The first-order valence-electron chi connectivity index (χ1n) is 6.94. The lowest BCUT2D eigenvalue weighted by molar-refractivity contribution is 0.219. The minimum absolute atomic E-state index is 0.517. The van der Waals surface area contributed by atoms with Crippen molar-refractivity contribution in [1.82, 2.24) is 4.90 Å². The molecule has 0 spiro atoms. The summed E-state index contributed by atoms with van der Waals surface area (Å²) in [5.74, 6) is 0. The topological polar surface area (TPSA) is 3.24 Å². The van der Waals surface area contributed by atoms with Crippen LogP contribution in [0.3, 0.4) is 0 Å². The molecule has 0 aliphatic carbocycles. The first kappa shape index (κ1) is 16.2. The molecule has 0 aromatic heterocycles. The van der Waals surface area contributed by atoms with Crippen LogP contribution < -0.4 is 0 Å². The maximum atomic E-state index is 3.96. The Hall–Kier alpha value is -0.820. The van der Waals surface area contributed by atoms with Crippen LogP contribution in [-0.4, -0.2) is 24.0 Å². The van der Waals surface area contributed by atoms with Crippen molar-refractivity contribution in [3.05, 3.63) is 36.5 Å². The van der Waals surface area contributed by atoms with E-state index in [1.165, 1.54) is 31.5 Å². The van der Waals surface area contributed by atoms with Crippen LogP contribution >= 0.6 is 0 Å². The predicted molar refractivity (Wildman–Crippen MR) is 79.3 cm³/mol. The van der Waals surface area contributed by atoms with Crippen molar-refractivity contribution in [2.45, 2.75) is 53.0 Å². The molecule has 0 aliphatic rings. The van der Waals surface area contributed by atoms with Crippen LogP contribution in [0.1, 0.15) is 47.0 Å². The van der Waals surface area contributed by atoms with Gasteiger partial charge in [-0.15, -0.1) is 0 Å². The van der Waals surface area contributed by atoms with E-state index in [0.29, 0.717) is 6.04 Å². The Morgan fingerprint density at radius 1 is 1.18 bits per heavy atom. The monoisotopic (exact) mass is 235 g/mol. The zero-order valence-corrected chi connectivity index (χ0v) is 12.1. The smallest absolute Gasteiger partial charge is 0.0345 e. The van der Waals surface area contributed by atoms with E-state index in [2.05, 4.69) is 50.5 Å². The molecule has 0 amide bonds. The Morgan fingerprint density at radius 3 is 2.12 bits per heavy atom. The number of allylic oxidation sites excluding steroid dienone is 3. The summed E-state index contributed by atoms with van der Waals surface area (Å²) in [6, 6.07) is 0.517. The lowest BCUT2D eigenvalue weighted by Crippen LogP contribution is -2.37. The molecule has 1 heteroatoms.